The number of piperidine rings is 1. The molecule has 1 aliphatic heterocycles. The van der Waals surface area contributed by atoms with Crippen molar-refractivity contribution in [3.05, 3.63) is 12.4 Å². The molecule has 1 atom stereocenters. The lowest BCUT2D eigenvalue weighted by molar-refractivity contribution is 0.418. The molecule has 3 rings (SSSR count). The fraction of sp³-hybridized carbons (Fsp3) is 0.714. The first-order chi connectivity index (χ1) is 10.3. The summed E-state index contributed by atoms with van der Waals surface area (Å²) < 4.78 is 1.79. The number of hydrogen-bond acceptors (Lipinski definition) is 6. The van der Waals surface area contributed by atoms with Gasteiger partial charge in [0.2, 0.25) is 0 Å². The molecule has 7 nitrogen and oxygen atoms in total. The van der Waals surface area contributed by atoms with Gasteiger partial charge in [-0.1, -0.05) is 13.8 Å². The summed E-state index contributed by atoms with van der Waals surface area (Å²) in [7, 11) is 0. The van der Waals surface area contributed by atoms with Crippen LogP contribution in [-0.4, -0.2) is 50.7 Å². The molecule has 0 radical (unpaired) electrons. The third kappa shape index (κ3) is 3.12. The third-order valence-corrected chi connectivity index (χ3v) is 3.94. The highest BCUT2D eigenvalue weighted by molar-refractivity contribution is 5.47. The fourth-order valence-electron chi connectivity index (χ4n) is 2.91. The zero-order valence-electron chi connectivity index (χ0n) is 12.7. The number of hydrogen-bond donors (Lipinski definition) is 1. The van der Waals surface area contributed by atoms with E-state index in [4.69, 9.17) is 0 Å². The van der Waals surface area contributed by atoms with E-state index in [9.17, 15) is 0 Å². The molecule has 0 saturated carbocycles. The highest BCUT2D eigenvalue weighted by Crippen LogP contribution is 2.23. The summed E-state index contributed by atoms with van der Waals surface area (Å²) in [6.07, 6.45) is 7.25. The number of nitrogens with one attached hydrogen (secondary N) is 1. The van der Waals surface area contributed by atoms with Gasteiger partial charge in [0.15, 0.2) is 11.5 Å². The van der Waals surface area contributed by atoms with E-state index in [1.807, 2.05) is 6.20 Å². The molecule has 0 spiro atoms. The van der Waals surface area contributed by atoms with Crippen LogP contribution in [0.2, 0.25) is 0 Å². The van der Waals surface area contributed by atoms with E-state index >= 15 is 0 Å². The second-order valence-corrected chi connectivity index (χ2v) is 6.11. The summed E-state index contributed by atoms with van der Waals surface area (Å²) in [6, 6.07) is 0.481. The van der Waals surface area contributed by atoms with Crippen molar-refractivity contribution >= 4 is 11.5 Å². The maximum Gasteiger partial charge on any atom is 0.199 e. The zero-order valence-corrected chi connectivity index (χ0v) is 12.7. The summed E-state index contributed by atoms with van der Waals surface area (Å²) in [5.74, 6) is 1.67. The molecule has 3 heterocycles. The molecule has 1 saturated heterocycles. The van der Waals surface area contributed by atoms with Crippen molar-refractivity contribution in [2.24, 2.45) is 5.92 Å². The topological polar surface area (TPSA) is 71.2 Å². The molecule has 1 unspecified atom stereocenters. The molecule has 0 amide bonds. The number of fused-ring (bicyclic) bond motifs is 1. The lowest BCUT2D eigenvalue weighted by Gasteiger charge is -2.37. The molecule has 2 aromatic heterocycles. The minimum Gasteiger partial charge on any atom is -0.351 e. The van der Waals surface area contributed by atoms with Gasteiger partial charge in [0.1, 0.15) is 0 Å². The van der Waals surface area contributed by atoms with Crippen LogP contribution >= 0.6 is 0 Å². The molecule has 1 N–H and O–H groups in total. The van der Waals surface area contributed by atoms with Gasteiger partial charge in [-0.15, -0.1) is 5.10 Å². The van der Waals surface area contributed by atoms with E-state index in [0.29, 0.717) is 17.6 Å². The normalized spacial score (nSPS) is 19.6. The van der Waals surface area contributed by atoms with Gasteiger partial charge in [0.05, 0.1) is 12.4 Å². The van der Waals surface area contributed by atoms with Gasteiger partial charge in [0.25, 0.3) is 0 Å². The Morgan fingerprint density at radius 2 is 2.24 bits per heavy atom. The average molecular weight is 289 g/mol. The maximum atomic E-state index is 4.28. The highest BCUT2D eigenvalue weighted by atomic mass is 15.5. The summed E-state index contributed by atoms with van der Waals surface area (Å²) in [5, 5.41) is 15.4. The number of aromatic nitrogens is 5. The van der Waals surface area contributed by atoms with Crippen LogP contribution in [0.4, 0.5) is 5.82 Å². The minimum absolute atomic E-state index is 0.481. The predicted molar refractivity (Wildman–Crippen MR) is 81.3 cm³/mol. The molecule has 114 valence electrons. The van der Waals surface area contributed by atoms with Gasteiger partial charge in [0, 0.05) is 19.1 Å². The second kappa shape index (κ2) is 6.34. The molecule has 7 heteroatoms. The van der Waals surface area contributed by atoms with Crippen molar-refractivity contribution in [1.29, 1.82) is 0 Å². The van der Waals surface area contributed by atoms with Crippen molar-refractivity contribution in [2.75, 3.05) is 24.5 Å². The zero-order chi connectivity index (χ0) is 14.7. The van der Waals surface area contributed by atoms with Gasteiger partial charge < -0.3 is 10.2 Å². The predicted octanol–water partition coefficient (Wildman–Crippen LogP) is 1.12. The van der Waals surface area contributed by atoms with E-state index in [2.05, 4.69) is 44.6 Å². The second-order valence-electron chi connectivity index (χ2n) is 6.11. The largest absolute Gasteiger partial charge is 0.351 e. The molecule has 21 heavy (non-hydrogen) atoms. The molecular formula is C14H23N7. The summed E-state index contributed by atoms with van der Waals surface area (Å²) in [4.78, 5) is 6.67. The van der Waals surface area contributed by atoms with Crippen LogP contribution in [0.15, 0.2) is 12.4 Å². The summed E-state index contributed by atoms with van der Waals surface area (Å²) >= 11 is 0. The van der Waals surface area contributed by atoms with Crippen molar-refractivity contribution in [3.8, 4) is 0 Å². The van der Waals surface area contributed by atoms with Gasteiger partial charge in [-0.25, -0.2) is 0 Å². The van der Waals surface area contributed by atoms with E-state index < -0.39 is 0 Å². The standard InChI is InChI=1S/C14H23N7/c1-11(2)7-15-8-12-5-3-4-6-20(12)14-10-16-9-13-17-18-19-21(13)14/h9-12,15H,3-8H2,1-2H3. The van der Waals surface area contributed by atoms with Crippen molar-refractivity contribution in [2.45, 2.75) is 39.2 Å². The first-order valence-electron chi connectivity index (χ1n) is 7.75. The molecule has 0 aromatic carbocycles. The van der Waals surface area contributed by atoms with E-state index in [1.54, 1.807) is 10.7 Å². The minimum atomic E-state index is 0.481. The smallest absolute Gasteiger partial charge is 0.199 e. The maximum absolute atomic E-state index is 4.28. The number of nitrogens with zero attached hydrogens (tertiary/aromatic N) is 6. The van der Waals surface area contributed by atoms with E-state index in [1.165, 1.54) is 19.3 Å². The Labute approximate surface area is 124 Å². The SMILES string of the molecule is CC(C)CNCC1CCCCN1c1cncc2nnnn12. The van der Waals surface area contributed by atoms with Crippen LogP contribution < -0.4 is 10.2 Å². The lowest BCUT2D eigenvalue weighted by atomic mass is 10.0. The van der Waals surface area contributed by atoms with Crippen LogP contribution in [0.25, 0.3) is 5.65 Å². The van der Waals surface area contributed by atoms with E-state index in [0.717, 1.165) is 25.5 Å². The first kappa shape index (κ1) is 14.2. The number of anilines is 1. The molecule has 2 aromatic rings. The average Bonchev–Trinajstić information content (AvgIpc) is 2.96. The van der Waals surface area contributed by atoms with Gasteiger partial charge in [-0.05, 0) is 42.2 Å². The van der Waals surface area contributed by atoms with Crippen LogP contribution in [0.5, 0.6) is 0 Å². The third-order valence-electron chi connectivity index (χ3n) is 3.94. The number of tetrazole rings is 1. The monoisotopic (exact) mass is 289 g/mol. The Morgan fingerprint density at radius 3 is 3.10 bits per heavy atom. The molecule has 0 bridgehead atoms. The van der Waals surface area contributed by atoms with Gasteiger partial charge in [-0.2, -0.15) is 4.52 Å². The van der Waals surface area contributed by atoms with Crippen molar-refractivity contribution in [1.82, 2.24) is 30.3 Å². The van der Waals surface area contributed by atoms with Crippen LogP contribution in [-0.2, 0) is 0 Å². The van der Waals surface area contributed by atoms with Crippen LogP contribution in [0.1, 0.15) is 33.1 Å². The molecule has 1 aliphatic rings. The fourth-order valence-corrected chi connectivity index (χ4v) is 2.91. The Hall–Kier alpha value is -1.76. The van der Waals surface area contributed by atoms with Crippen molar-refractivity contribution in [3.63, 3.8) is 0 Å². The molecular weight excluding hydrogens is 266 g/mol. The molecule has 0 aliphatic carbocycles. The first-order valence-corrected chi connectivity index (χ1v) is 7.75. The summed E-state index contributed by atoms with van der Waals surface area (Å²) in [5.41, 5.74) is 0.701. The van der Waals surface area contributed by atoms with Crippen molar-refractivity contribution < 1.29 is 0 Å². The Kier molecular flexibility index (Phi) is 4.28. The lowest BCUT2D eigenvalue weighted by Crippen LogP contribution is -2.47. The van der Waals surface area contributed by atoms with Crippen LogP contribution in [0, 0.1) is 5.92 Å². The highest BCUT2D eigenvalue weighted by Gasteiger charge is 2.25. The summed E-state index contributed by atoms with van der Waals surface area (Å²) in [6.45, 7) is 7.55. The molecule has 1 fully saturated rings. The van der Waals surface area contributed by atoms with E-state index in [-0.39, 0.29) is 0 Å². The quantitative estimate of drug-likeness (QED) is 0.889. The van der Waals surface area contributed by atoms with Gasteiger partial charge in [-0.3, -0.25) is 4.98 Å². The van der Waals surface area contributed by atoms with Gasteiger partial charge >= 0.3 is 0 Å². The Balaban J connectivity index is 1.79. The Morgan fingerprint density at radius 1 is 1.33 bits per heavy atom. The Bertz CT molecular complexity index is 579. The number of rotatable bonds is 5. The van der Waals surface area contributed by atoms with Crippen LogP contribution in [0.3, 0.4) is 0 Å².